The van der Waals surface area contributed by atoms with Crippen molar-refractivity contribution in [1.29, 1.82) is 0 Å². The number of ether oxygens (including phenoxy) is 2. The maximum absolute atomic E-state index is 12.3. The number of hydrogen-bond donors (Lipinski definition) is 0. The zero-order valence-electron chi connectivity index (χ0n) is 14.9. The normalized spacial score (nSPS) is 19.7. The largest absolute Gasteiger partial charge is 0.384 e. The highest BCUT2D eigenvalue weighted by Crippen LogP contribution is 2.20. The average molecular weight is 359 g/mol. The molecule has 1 unspecified atom stereocenters. The van der Waals surface area contributed by atoms with Crippen molar-refractivity contribution in [2.45, 2.75) is 38.0 Å². The summed E-state index contributed by atoms with van der Waals surface area (Å²) in [5, 5.41) is 0.155. The molecule has 0 N–H and O–H groups in total. The monoisotopic (exact) mass is 359 g/mol. The molecule has 1 aliphatic rings. The van der Waals surface area contributed by atoms with Gasteiger partial charge in [-0.25, -0.2) is 13.4 Å². The fourth-order valence-electron chi connectivity index (χ4n) is 3.21. The molecule has 0 bridgehead atoms. The minimum atomic E-state index is -3.34. The first-order chi connectivity index (χ1) is 11.5. The van der Waals surface area contributed by atoms with Crippen LogP contribution in [0, 0.1) is 5.92 Å². The van der Waals surface area contributed by atoms with E-state index in [1.54, 1.807) is 31.9 Å². The minimum Gasteiger partial charge on any atom is -0.384 e. The van der Waals surface area contributed by atoms with Gasteiger partial charge in [-0.2, -0.15) is 0 Å². The van der Waals surface area contributed by atoms with Crippen molar-refractivity contribution in [3.63, 3.8) is 0 Å². The summed E-state index contributed by atoms with van der Waals surface area (Å²) in [5.74, 6) is 0.591. The van der Waals surface area contributed by atoms with Gasteiger partial charge >= 0.3 is 0 Å². The van der Waals surface area contributed by atoms with Crippen molar-refractivity contribution in [2.75, 3.05) is 46.3 Å². The van der Waals surface area contributed by atoms with Crippen LogP contribution in [0.5, 0.6) is 0 Å². The van der Waals surface area contributed by atoms with Crippen LogP contribution in [0.2, 0.25) is 0 Å². The lowest BCUT2D eigenvalue weighted by atomic mass is 9.99. The molecule has 8 heteroatoms. The Morgan fingerprint density at radius 3 is 2.79 bits per heavy atom. The quantitative estimate of drug-likeness (QED) is 0.659. The van der Waals surface area contributed by atoms with Crippen molar-refractivity contribution in [3.05, 3.63) is 11.9 Å². The molecule has 24 heavy (non-hydrogen) atoms. The number of hydrogen-bond acceptors (Lipinski definition) is 6. The molecule has 2 rings (SSSR count). The van der Waals surface area contributed by atoms with Crippen LogP contribution in [0.15, 0.2) is 11.4 Å². The molecule has 7 nitrogen and oxygen atoms in total. The van der Waals surface area contributed by atoms with Gasteiger partial charge in [0.1, 0.15) is 0 Å². The summed E-state index contributed by atoms with van der Waals surface area (Å²) in [6.07, 6.45) is 4.02. The highest BCUT2D eigenvalue weighted by Gasteiger charge is 2.24. The van der Waals surface area contributed by atoms with Gasteiger partial charge in [-0.05, 0) is 25.3 Å². The molecule has 2 heterocycles. The predicted octanol–water partition coefficient (Wildman–Crippen LogP) is 1.18. The van der Waals surface area contributed by atoms with Crippen molar-refractivity contribution >= 4 is 9.84 Å². The number of nitrogens with zero attached hydrogens (tertiary/aromatic N) is 3. The molecule has 1 atom stereocenters. The second-order valence-electron chi connectivity index (χ2n) is 6.28. The van der Waals surface area contributed by atoms with E-state index in [1.807, 2.05) is 0 Å². The van der Waals surface area contributed by atoms with Gasteiger partial charge in [0, 0.05) is 33.9 Å². The highest BCUT2D eigenvalue weighted by molar-refractivity contribution is 7.91. The van der Waals surface area contributed by atoms with E-state index >= 15 is 0 Å². The number of piperidine rings is 1. The number of aromatic nitrogens is 2. The predicted molar refractivity (Wildman–Crippen MR) is 91.7 cm³/mol. The van der Waals surface area contributed by atoms with Crippen LogP contribution in [0.25, 0.3) is 0 Å². The van der Waals surface area contributed by atoms with E-state index in [1.165, 1.54) is 6.42 Å². The molecule has 1 aliphatic heterocycles. The lowest BCUT2D eigenvalue weighted by Gasteiger charge is -2.32. The number of imidazole rings is 1. The Labute approximate surface area is 144 Å². The van der Waals surface area contributed by atoms with Gasteiger partial charge in [0.15, 0.2) is 0 Å². The molecular formula is C16H29N3O4S. The second kappa shape index (κ2) is 8.94. The fraction of sp³-hybridized carbons (Fsp3) is 0.812. The molecule has 1 aromatic rings. The number of sulfone groups is 1. The van der Waals surface area contributed by atoms with Gasteiger partial charge in [-0.1, -0.05) is 6.92 Å². The smallest absolute Gasteiger partial charge is 0.227 e. The molecular weight excluding hydrogens is 330 g/mol. The summed E-state index contributed by atoms with van der Waals surface area (Å²) in [6.45, 7) is 6.07. The Balaban J connectivity index is 2.17. The zero-order chi connectivity index (χ0) is 17.6. The number of likely N-dealkylation sites (tertiary alicyclic amines) is 1. The maximum Gasteiger partial charge on any atom is 0.227 e. The topological polar surface area (TPSA) is 73.7 Å². The Morgan fingerprint density at radius 2 is 2.12 bits per heavy atom. The Kier molecular flexibility index (Phi) is 7.21. The SMILES string of the molecule is CCS(=O)(=O)c1ncc(CN2CCCC(COC)C2)n1CCOC. The van der Waals surface area contributed by atoms with E-state index in [0.29, 0.717) is 25.6 Å². The summed E-state index contributed by atoms with van der Waals surface area (Å²) in [4.78, 5) is 6.56. The third-order valence-electron chi connectivity index (χ3n) is 4.47. The van der Waals surface area contributed by atoms with Gasteiger partial charge in [0.25, 0.3) is 0 Å². The van der Waals surface area contributed by atoms with Gasteiger partial charge in [0.2, 0.25) is 15.0 Å². The van der Waals surface area contributed by atoms with E-state index in [-0.39, 0.29) is 10.9 Å². The van der Waals surface area contributed by atoms with Gasteiger partial charge < -0.3 is 14.0 Å². The summed E-state index contributed by atoms with van der Waals surface area (Å²) in [7, 11) is 0.0116. The summed E-state index contributed by atoms with van der Waals surface area (Å²) in [5.41, 5.74) is 0.928. The molecule has 0 radical (unpaired) electrons. The van der Waals surface area contributed by atoms with Crippen molar-refractivity contribution in [1.82, 2.24) is 14.5 Å². The second-order valence-corrected chi connectivity index (χ2v) is 8.45. The first-order valence-corrected chi connectivity index (χ1v) is 10.1. The van der Waals surface area contributed by atoms with Crippen LogP contribution in [0.1, 0.15) is 25.5 Å². The van der Waals surface area contributed by atoms with Gasteiger partial charge in [-0.15, -0.1) is 0 Å². The average Bonchev–Trinajstić information content (AvgIpc) is 2.97. The molecule has 0 saturated carbocycles. The number of methoxy groups -OCH3 is 2. The molecule has 0 spiro atoms. The van der Waals surface area contributed by atoms with E-state index in [2.05, 4.69) is 9.88 Å². The molecule has 1 aromatic heterocycles. The molecule has 0 aromatic carbocycles. The molecule has 0 amide bonds. The molecule has 138 valence electrons. The maximum atomic E-state index is 12.3. The first-order valence-electron chi connectivity index (χ1n) is 8.49. The van der Waals surface area contributed by atoms with E-state index in [9.17, 15) is 8.42 Å². The Bertz CT molecular complexity index is 613. The highest BCUT2D eigenvalue weighted by atomic mass is 32.2. The first kappa shape index (κ1) is 19.4. The lowest BCUT2D eigenvalue weighted by molar-refractivity contribution is 0.0857. The van der Waals surface area contributed by atoms with E-state index in [4.69, 9.17) is 9.47 Å². The van der Waals surface area contributed by atoms with Crippen molar-refractivity contribution in [2.24, 2.45) is 5.92 Å². The molecule has 0 aliphatic carbocycles. The van der Waals surface area contributed by atoms with Crippen LogP contribution in [0.4, 0.5) is 0 Å². The Morgan fingerprint density at radius 1 is 1.33 bits per heavy atom. The molecule has 1 saturated heterocycles. The Hall–Kier alpha value is -0.960. The van der Waals surface area contributed by atoms with Crippen LogP contribution < -0.4 is 0 Å². The van der Waals surface area contributed by atoms with Gasteiger partial charge in [0.05, 0.1) is 30.9 Å². The van der Waals surface area contributed by atoms with Crippen LogP contribution in [-0.4, -0.2) is 69.1 Å². The van der Waals surface area contributed by atoms with E-state index in [0.717, 1.165) is 31.8 Å². The summed E-state index contributed by atoms with van der Waals surface area (Å²) >= 11 is 0. The number of rotatable bonds is 9. The van der Waals surface area contributed by atoms with Crippen LogP contribution in [0.3, 0.4) is 0 Å². The lowest BCUT2D eigenvalue weighted by Crippen LogP contribution is -2.37. The van der Waals surface area contributed by atoms with Crippen LogP contribution in [-0.2, 0) is 32.4 Å². The fourth-order valence-corrected chi connectivity index (χ4v) is 4.23. The van der Waals surface area contributed by atoms with Crippen molar-refractivity contribution < 1.29 is 17.9 Å². The standard InChI is InChI=1S/C16H29N3O4S/c1-4-24(20,21)16-17-10-15(19(16)8-9-22-2)12-18-7-5-6-14(11-18)13-23-3/h10,14H,4-9,11-13H2,1-3H3. The zero-order valence-corrected chi connectivity index (χ0v) is 15.7. The summed E-state index contributed by atoms with van der Waals surface area (Å²) < 4.78 is 36.8. The van der Waals surface area contributed by atoms with Crippen LogP contribution >= 0.6 is 0 Å². The van der Waals surface area contributed by atoms with Crippen molar-refractivity contribution in [3.8, 4) is 0 Å². The minimum absolute atomic E-state index is 0.0516. The summed E-state index contributed by atoms with van der Waals surface area (Å²) in [6, 6.07) is 0. The third-order valence-corrected chi connectivity index (χ3v) is 6.11. The molecule has 1 fully saturated rings. The van der Waals surface area contributed by atoms with Gasteiger partial charge in [-0.3, -0.25) is 4.90 Å². The van der Waals surface area contributed by atoms with E-state index < -0.39 is 9.84 Å². The third kappa shape index (κ3) is 4.78.